The van der Waals surface area contributed by atoms with Crippen molar-refractivity contribution in [1.29, 1.82) is 0 Å². The third-order valence-electron chi connectivity index (χ3n) is 3.72. The van der Waals surface area contributed by atoms with Crippen molar-refractivity contribution in [3.8, 4) is 11.5 Å². The fraction of sp³-hybridized carbons (Fsp3) is 0.333. The van der Waals surface area contributed by atoms with E-state index >= 15 is 0 Å². The summed E-state index contributed by atoms with van der Waals surface area (Å²) in [6, 6.07) is 14.8. The number of aryl methyl sites for hydroxylation is 1. The van der Waals surface area contributed by atoms with Gasteiger partial charge in [0.25, 0.3) is 0 Å². The Bertz CT molecular complexity index is 596. The van der Waals surface area contributed by atoms with Gasteiger partial charge >= 0.3 is 0 Å². The van der Waals surface area contributed by atoms with Gasteiger partial charge in [-0.2, -0.15) is 0 Å². The average Bonchev–Trinajstić information content (AvgIpc) is 2.52. The van der Waals surface area contributed by atoms with Crippen molar-refractivity contribution in [2.45, 2.75) is 26.4 Å². The molecule has 0 amide bonds. The number of hydrogen-bond donors (Lipinski definition) is 1. The van der Waals surface area contributed by atoms with Gasteiger partial charge in [-0.05, 0) is 42.7 Å². The number of methoxy groups -OCH3 is 2. The smallest absolute Gasteiger partial charge is 0.161 e. The topological polar surface area (TPSA) is 30.5 Å². The van der Waals surface area contributed by atoms with Gasteiger partial charge in [-0.3, -0.25) is 0 Å². The van der Waals surface area contributed by atoms with E-state index in [-0.39, 0.29) is 0 Å². The zero-order chi connectivity index (χ0) is 15.2. The zero-order valence-electron chi connectivity index (χ0n) is 13.1. The summed E-state index contributed by atoms with van der Waals surface area (Å²) >= 11 is 0. The summed E-state index contributed by atoms with van der Waals surface area (Å²) in [6.07, 6.45) is 0. The normalized spacial score (nSPS) is 12.0. The fourth-order valence-corrected chi connectivity index (χ4v) is 2.44. The lowest BCUT2D eigenvalue weighted by atomic mass is 10.0. The SMILES string of the molecule is COc1ccc(CN[C@@H](C)c2ccccc2C)cc1OC. The average molecular weight is 285 g/mol. The second-order valence-electron chi connectivity index (χ2n) is 5.15. The predicted molar refractivity (Wildman–Crippen MR) is 86.0 cm³/mol. The molecule has 0 aromatic heterocycles. The highest BCUT2D eigenvalue weighted by atomic mass is 16.5. The van der Waals surface area contributed by atoms with Gasteiger partial charge < -0.3 is 14.8 Å². The van der Waals surface area contributed by atoms with Crippen molar-refractivity contribution in [2.75, 3.05) is 14.2 Å². The maximum absolute atomic E-state index is 5.33. The van der Waals surface area contributed by atoms with Crippen LogP contribution >= 0.6 is 0 Å². The summed E-state index contributed by atoms with van der Waals surface area (Å²) < 4.78 is 10.6. The van der Waals surface area contributed by atoms with Crippen LogP contribution in [0.4, 0.5) is 0 Å². The molecule has 0 unspecified atom stereocenters. The Hall–Kier alpha value is -2.00. The van der Waals surface area contributed by atoms with Crippen molar-refractivity contribution >= 4 is 0 Å². The lowest BCUT2D eigenvalue weighted by Gasteiger charge is -2.17. The van der Waals surface area contributed by atoms with Crippen LogP contribution in [0.3, 0.4) is 0 Å². The zero-order valence-corrected chi connectivity index (χ0v) is 13.1. The van der Waals surface area contributed by atoms with Crippen molar-refractivity contribution in [3.63, 3.8) is 0 Å². The molecule has 0 saturated carbocycles. The molecule has 3 heteroatoms. The molecular weight excluding hydrogens is 262 g/mol. The van der Waals surface area contributed by atoms with Gasteiger partial charge in [-0.25, -0.2) is 0 Å². The minimum Gasteiger partial charge on any atom is -0.493 e. The van der Waals surface area contributed by atoms with E-state index in [0.717, 1.165) is 18.0 Å². The van der Waals surface area contributed by atoms with Crippen LogP contribution in [0.2, 0.25) is 0 Å². The van der Waals surface area contributed by atoms with Crippen LogP contribution in [0.5, 0.6) is 11.5 Å². The molecule has 1 N–H and O–H groups in total. The van der Waals surface area contributed by atoms with E-state index in [1.54, 1.807) is 14.2 Å². The summed E-state index contributed by atoms with van der Waals surface area (Å²) in [4.78, 5) is 0. The van der Waals surface area contributed by atoms with Gasteiger partial charge in [0.1, 0.15) is 0 Å². The van der Waals surface area contributed by atoms with E-state index in [1.807, 2.05) is 12.1 Å². The maximum atomic E-state index is 5.33. The summed E-state index contributed by atoms with van der Waals surface area (Å²) in [7, 11) is 3.31. The maximum Gasteiger partial charge on any atom is 0.161 e. The Labute approximate surface area is 126 Å². The minimum atomic E-state index is 0.305. The number of benzene rings is 2. The molecule has 0 aliphatic heterocycles. The van der Waals surface area contributed by atoms with Gasteiger partial charge in [0.05, 0.1) is 14.2 Å². The van der Waals surface area contributed by atoms with Gasteiger partial charge in [0.2, 0.25) is 0 Å². The molecule has 21 heavy (non-hydrogen) atoms. The van der Waals surface area contributed by atoms with Crippen LogP contribution < -0.4 is 14.8 Å². The molecule has 0 aliphatic carbocycles. The van der Waals surface area contributed by atoms with E-state index in [9.17, 15) is 0 Å². The minimum absolute atomic E-state index is 0.305. The number of rotatable bonds is 6. The first-order valence-corrected chi connectivity index (χ1v) is 7.15. The van der Waals surface area contributed by atoms with E-state index in [4.69, 9.17) is 9.47 Å². The Kier molecular flexibility index (Phi) is 5.23. The third kappa shape index (κ3) is 3.76. The molecule has 3 nitrogen and oxygen atoms in total. The number of hydrogen-bond acceptors (Lipinski definition) is 3. The number of ether oxygens (including phenoxy) is 2. The highest BCUT2D eigenvalue weighted by molar-refractivity contribution is 5.42. The van der Waals surface area contributed by atoms with Gasteiger partial charge in [-0.1, -0.05) is 30.3 Å². The molecule has 2 aromatic carbocycles. The summed E-state index contributed by atoms with van der Waals surface area (Å²) in [5.41, 5.74) is 3.82. The quantitative estimate of drug-likeness (QED) is 0.874. The van der Waals surface area contributed by atoms with Crippen molar-refractivity contribution in [3.05, 3.63) is 59.2 Å². The highest BCUT2D eigenvalue weighted by Gasteiger charge is 2.09. The molecule has 0 heterocycles. The van der Waals surface area contributed by atoms with Crippen LogP contribution in [-0.4, -0.2) is 14.2 Å². The Morgan fingerprint density at radius 2 is 1.71 bits per heavy atom. The van der Waals surface area contributed by atoms with Crippen LogP contribution in [-0.2, 0) is 6.54 Å². The van der Waals surface area contributed by atoms with E-state index in [0.29, 0.717) is 6.04 Å². The van der Waals surface area contributed by atoms with E-state index < -0.39 is 0 Å². The van der Waals surface area contributed by atoms with Crippen molar-refractivity contribution in [1.82, 2.24) is 5.32 Å². The molecule has 2 rings (SSSR count). The first-order chi connectivity index (χ1) is 10.2. The lowest BCUT2D eigenvalue weighted by Crippen LogP contribution is -2.18. The van der Waals surface area contributed by atoms with Gasteiger partial charge in [0.15, 0.2) is 11.5 Å². The molecule has 0 radical (unpaired) electrons. The molecule has 0 spiro atoms. The lowest BCUT2D eigenvalue weighted by molar-refractivity contribution is 0.354. The fourth-order valence-electron chi connectivity index (χ4n) is 2.44. The van der Waals surface area contributed by atoms with Crippen molar-refractivity contribution in [2.24, 2.45) is 0 Å². The second-order valence-corrected chi connectivity index (χ2v) is 5.15. The molecule has 112 valence electrons. The second kappa shape index (κ2) is 7.14. The molecule has 2 aromatic rings. The largest absolute Gasteiger partial charge is 0.493 e. The summed E-state index contributed by atoms with van der Waals surface area (Å²) in [5, 5.41) is 3.55. The van der Waals surface area contributed by atoms with Crippen LogP contribution in [0.1, 0.15) is 29.7 Å². The molecule has 0 fully saturated rings. The Morgan fingerprint density at radius 3 is 2.38 bits per heavy atom. The first kappa shape index (κ1) is 15.4. The first-order valence-electron chi connectivity index (χ1n) is 7.15. The third-order valence-corrected chi connectivity index (χ3v) is 3.72. The van der Waals surface area contributed by atoms with Crippen LogP contribution in [0.25, 0.3) is 0 Å². The molecular formula is C18H23NO2. The summed E-state index contributed by atoms with van der Waals surface area (Å²) in [6.45, 7) is 5.11. The molecule has 0 bridgehead atoms. The molecule has 0 saturated heterocycles. The standard InChI is InChI=1S/C18H23NO2/c1-13-7-5-6-8-16(13)14(2)19-12-15-9-10-17(20-3)18(11-15)21-4/h5-11,14,19H,12H2,1-4H3/t14-/m0/s1. The summed E-state index contributed by atoms with van der Waals surface area (Å²) in [5.74, 6) is 1.52. The van der Waals surface area contributed by atoms with Crippen LogP contribution in [0.15, 0.2) is 42.5 Å². The predicted octanol–water partition coefficient (Wildman–Crippen LogP) is 3.86. The van der Waals surface area contributed by atoms with Crippen LogP contribution in [0, 0.1) is 6.92 Å². The van der Waals surface area contributed by atoms with Gasteiger partial charge in [0, 0.05) is 12.6 Å². The monoisotopic (exact) mass is 285 g/mol. The molecule has 1 atom stereocenters. The van der Waals surface area contributed by atoms with Gasteiger partial charge in [-0.15, -0.1) is 0 Å². The Balaban J connectivity index is 2.04. The van der Waals surface area contributed by atoms with E-state index in [1.165, 1.54) is 16.7 Å². The number of nitrogens with one attached hydrogen (secondary N) is 1. The molecule has 0 aliphatic rings. The highest BCUT2D eigenvalue weighted by Crippen LogP contribution is 2.27. The van der Waals surface area contributed by atoms with Crippen molar-refractivity contribution < 1.29 is 9.47 Å². The van der Waals surface area contributed by atoms with E-state index in [2.05, 4.69) is 49.5 Å². The Morgan fingerprint density at radius 1 is 1.00 bits per heavy atom.